The van der Waals surface area contributed by atoms with Crippen LogP contribution in [0, 0.1) is 11.3 Å². The molecule has 0 radical (unpaired) electrons. The third-order valence-corrected chi connectivity index (χ3v) is 3.54. The zero-order valence-corrected chi connectivity index (χ0v) is 13.2. The number of hydrogen-bond acceptors (Lipinski definition) is 4. The van der Waals surface area contributed by atoms with Crippen LogP contribution in [0.2, 0.25) is 0 Å². The van der Waals surface area contributed by atoms with Gasteiger partial charge in [0.15, 0.2) is 0 Å². The SMILES string of the molecule is CC1=NN(c2ccc(C(=O)N(CCC#N)CC(F)(F)F)cc2)CC1. The Labute approximate surface area is 138 Å². The highest BCUT2D eigenvalue weighted by atomic mass is 19.4. The molecule has 0 fully saturated rings. The summed E-state index contributed by atoms with van der Waals surface area (Å²) in [6.45, 7) is 1.03. The second-order valence-corrected chi connectivity index (χ2v) is 5.51. The van der Waals surface area contributed by atoms with Gasteiger partial charge >= 0.3 is 6.18 Å². The summed E-state index contributed by atoms with van der Waals surface area (Å²) < 4.78 is 37.8. The summed E-state index contributed by atoms with van der Waals surface area (Å²) in [7, 11) is 0. The van der Waals surface area contributed by atoms with Gasteiger partial charge in [0.2, 0.25) is 0 Å². The average molecular weight is 338 g/mol. The summed E-state index contributed by atoms with van der Waals surface area (Å²) in [5, 5.41) is 14.7. The number of anilines is 1. The molecular formula is C16H17F3N4O. The Morgan fingerprint density at radius 1 is 1.38 bits per heavy atom. The van der Waals surface area contributed by atoms with Gasteiger partial charge in [-0.15, -0.1) is 0 Å². The molecule has 0 aromatic heterocycles. The molecule has 1 amide bonds. The monoisotopic (exact) mass is 338 g/mol. The van der Waals surface area contributed by atoms with Crippen LogP contribution in [-0.2, 0) is 0 Å². The lowest BCUT2D eigenvalue weighted by molar-refractivity contribution is -0.140. The molecule has 0 atom stereocenters. The normalized spacial score (nSPS) is 14.3. The summed E-state index contributed by atoms with van der Waals surface area (Å²) >= 11 is 0. The Balaban J connectivity index is 2.12. The molecule has 1 aromatic rings. The second kappa shape index (κ2) is 7.34. The minimum atomic E-state index is -4.51. The van der Waals surface area contributed by atoms with Crippen molar-refractivity contribution in [3.05, 3.63) is 29.8 Å². The van der Waals surface area contributed by atoms with Crippen LogP contribution in [0.5, 0.6) is 0 Å². The molecule has 0 spiro atoms. The number of amides is 1. The Bertz CT molecular complexity index is 661. The molecule has 0 saturated heterocycles. The van der Waals surface area contributed by atoms with Gasteiger partial charge in [-0.3, -0.25) is 9.80 Å². The highest BCUT2D eigenvalue weighted by Crippen LogP contribution is 2.22. The Hall–Kier alpha value is -2.56. The molecule has 0 bridgehead atoms. The first-order chi connectivity index (χ1) is 11.3. The number of hydrazone groups is 1. The van der Waals surface area contributed by atoms with E-state index in [-0.39, 0.29) is 18.5 Å². The maximum atomic E-state index is 12.6. The predicted molar refractivity (Wildman–Crippen MR) is 83.7 cm³/mol. The molecule has 0 aliphatic carbocycles. The highest BCUT2D eigenvalue weighted by Gasteiger charge is 2.33. The fourth-order valence-corrected chi connectivity index (χ4v) is 2.37. The van der Waals surface area contributed by atoms with E-state index >= 15 is 0 Å². The third-order valence-electron chi connectivity index (χ3n) is 3.54. The van der Waals surface area contributed by atoms with Gasteiger partial charge in [-0.05, 0) is 31.2 Å². The van der Waals surface area contributed by atoms with E-state index in [2.05, 4.69) is 5.10 Å². The number of halogens is 3. The molecule has 1 aromatic carbocycles. The van der Waals surface area contributed by atoms with Crippen molar-refractivity contribution in [2.24, 2.45) is 5.10 Å². The number of nitriles is 1. The maximum absolute atomic E-state index is 12.6. The van der Waals surface area contributed by atoms with Crippen molar-refractivity contribution in [2.75, 3.05) is 24.6 Å². The Kier molecular flexibility index (Phi) is 5.44. The average Bonchev–Trinajstić information content (AvgIpc) is 2.96. The van der Waals surface area contributed by atoms with Crippen molar-refractivity contribution < 1.29 is 18.0 Å². The summed E-state index contributed by atoms with van der Waals surface area (Å²) in [5.41, 5.74) is 1.94. The van der Waals surface area contributed by atoms with Gasteiger partial charge in [-0.25, -0.2) is 0 Å². The van der Waals surface area contributed by atoms with Gasteiger partial charge in [0, 0.05) is 30.8 Å². The third kappa shape index (κ3) is 4.72. The molecular weight excluding hydrogens is 321 g/mol. The first kappa shape index (κ1) is 17.8. The molecule has 24 heavy (non-hydrogen) atoms. The van der Waals surface area contributed by atoms with E-state index in [1.54, 1.807) is 23.2 Å². The molecule has 2 rings (SSSR count). The van der Waals surface area contributed by atoms with Crippen molar-refractivity contribution >= 4 is 17.3 Å². The number of carbonyl (C=O) groups is 1. The van der Waals surface area contributed by atoms with E-state index in [0.717, 1.165) is 24.4 Å². The smallest absolute Gasteiger partial charge is 0.329 e. The first-order valence-corrected chi connectivity index (χ1v) is 7.45. The Morgan fingerprint density at radius 3 is 2.54 bits per heavy atom. The summed E-state index contributed by atoms with van der Waals surface area (Å²) in [5.74, 6) is -0.741. The van der Waals surface area contributed by atoms with Gasteiger partial charge in [0.1, 0.15) is 6.54 Å². The highest BCUT2D eigenvalue weighted by molar-refractivity contribution is 5.94. The van der Waals surface area contributed by atoms with E-state index in [4.69, 9.17) is 5.26 Å². The van der Waals surface area contributed by atoms with E-state index in [0.29, 0.717) is 4.90 Å². The van der Waals surface area contributed by atoms with Crippen LogP contribution >= 0.6 is 0 Å². The zero-order valence-electron chi connectivity index (χ0n) is 13.2. The number of nitrogens with zero attached hydrogens (tertiary/aromatic N) is 4. The molecule has 0 saturated carbocycles. The molecule has 1 heterocycles. The number of alkyl halides is 3. The lowest BCUT2D eigenvalue weighted by Gasteiger charge is -2.23. The minimum Gasteiger partial charge on any atom is -0.329 e. The van der Waals surface area contributed by atoms with E-state index in [1.807, 2.05) is 6.92 Å². The fraction of sp³-hybridized carbons (Fsp3) is 0.438. The van der Waals surface area contributed by atoms with Gasteiger partial charge in [0.05, 0.1) is 18.2 Å². The summed E-state index contributed by atoms with van der Waals surface area (Å²) in [6.07, 6.45) is -3.80. The van der Waals surface area contributed by atoms with Crippen LogP contribution in [0.15, 0.2) is 29.4 Å². The summed E-state index contributed by atoms with van der Waals surface area (Å²) in [6, 6.07) is 8.04. The maximum Gasteiger partial charge on any atom is 0.406 e. The van der Waals surface area contributed by atoms with Crippen LogP contribution in [0.3, 0.4) is 0 Å². The first-order valence-electron chi connectivity index (χ1n) is 7.45. The van der Waals surface area contributed by atoms with Gasteiger partial charge < -0.3 is 4.90 Å². The quantitative estimate of drug-likeness (QED) is 0.828. The van der Waals surface area contributed by atoms with Crippen LogP contribution < -0.4 is 5.01 Å². The van der Waals surface area contributed by atoms with Crippen molar-refractivity contribution in [3.8, 4) is 6.07 Å². The van der Waals surface area contributed by atoms with Crippen LogP contribution in [0.4, 0.5) is 18.9 Å². The van der Waals surface area contributed by atoms with Crippen molar-refractivity contribution in [3.63, 3.8) is 0 Å². The second-order valence-electron chi connectivity index (χ2n) is 5.51. The van der Waals surface area contributed by atoms with Crippen LogP contribution in [-0.4, -0.2) is 42.3 Å². The molecule has 1 aliphatic heterocycles. The zero-order chi connectivity index (χ0) is 17.7. The molecule has 8 heteroatoms. The molecule has 5 nitrogen and oxygen atoms in total. The lowest BCUT2D eigenvalue weighted by Crippen LogP contribution is -2.39. The van der Waals surface area contributed by atoms with Crippen molar-refractivity contribution in [1.29, 1.82) is 5.26 Å². The van der Waals surface area contributed by atoms with Crippen molar-refractivity contribution in [2.45, 2.75) is 25.9 Å². The topological polar surface area (TPSA) is 59.7 Å². The summed E-state index contributed by atoms with van der Waals surface area (Å²) in [4.78, 5) is 12.9. The van der Waals surface area contributed by atoms with Gasteiger partial charge in [0.25, 0.3) is 5.91 Å². The number of rotatable bonds is 5. The molecule has 1 aliphatic rings. The lowest BCUT2D eigenvalue weighted by atomic mass is 10.1. The Morgan fingerprint density at radius 2 is 2.04 bits per heavy atom. The van der Waals surface area contributed by atoms with E-state index < -0.39 is 18.6 Å². The van der Waals surface area contributed by atoms with Gasteiger partial charge in [-0.1, -0.05) is 0 Å². The van der Waals surface area contributed by atoms with Gasteiger partial charge in [-0.2, -0.15) is 23.5 Å². The fourth-order valence-electron chi connectivity index (χ4n) is 2.37. The number of hydrogen-bond donors (Lipinski definition) is 0. The number of carbonyl (C=O) groups excluding carboxylic acids is 1. The van der Waals surface area contributed by atoms with E-state index in [9.17, 15) is 18.0 Å². The van der Waals surface area contributed by atoms with Crippen LogP contribution in [0.25, 0.3) is 0 Å². The molecule has 128 valence electrons. The predicted octanol–water partition coefficient (Wildman–Crippen LogP) is 3.19. The van der Waals surface area contributed by atoms with E-state index in [1.165, 1.54) is 12.1 Å². The standard InChI is InChI=1S/C16H17F3N4O/c1-12-7-10-23(21-12)14-5-3-13(4-6-14)15(24)22(9-2-8-20)11-16(17,18)19/h3-6H,2,7,9-11H2,1H3. The largest absolute Gasteiger partial charge is 0.406 e. The minimum absolute atomic E-state index is 0.151. The number of benzene rings is 1. The molecule has 0 N–H and O–H groups in total. The van der Waals surface area contributed by atoms with Crippen molar-refractivity contribution in [1.82, 2.24) is 4.90 Å². The van der Waals surface area contributed by atoms with Crippen LogP contribution in [0.1, 0.15) is 30.1 Å². The molecule has 0 unspecified atom stereocenters.